The molecule has 4 heteroatoms. The van der Waals surface area contributed by atoms with Gasteiger partial charge in [0.1, 0.15) is 6.61 Å². The Bertz CT molecular complexity index is 353. The molecule has 0 heterocycles. The maximum absolute atomic E-state index is 5.77. The fraction of sp³-hybridized carbons (Fsp3) is 0.571. The molecule has 0 aliphatic heterocycles. The number of benzene rings is 1. The van der Waals surface area contributed by atoms with Gasteiger partial charge in [-0.25, -0.2) is 0 Å². The zero-order valence-electron chi connectivity index (χ0n) is 11.7. The van der Waals surface area contributed by atoms with Crippen LogP contribution < -0.4 is 14.8 Å². The van der Waals surface area contributed by atoms with E-state index in [1.165, 1.54) is 0 Å². The van der Waals surface area contributed by atoms with Gasteiger partial charge in [0.25, 0.3) is 0 Å². The molecule has 1 aromatic carbocycles. The SMILES string of the molecule is CNCc1cccc(OC)c1OCCOC(C)C. The second kappa shape index (κ2) is 7.95. The first-order valence-electron chi connectivity index (χ1n) is 6.24. The maximum Gasteiger partial charge on any atom is 0.165 e. The first-order valence-corrected chi connectivity index (χ1v) is 6.24. The number of rotatable bonds is 8. The molecule has 1 aromatic rings. The maximum atomic E-state index is 5.77. The van der Waals surface area contributed by atoms with Crippen LogP contribution in [0.3, 0.4) is 0 Å². The van der Waals surface area contributed by atoms with Gasteiger partial charge in [0.05, 0.1) is 19.8 Å². The van der Waals surface area contributed by atoms with Gasteiger partial charge < -0.3 is 19.5 Å². The molecule has 0 saturated carbocycles. The second-order valence-electron chi connectivity index (χ2n) is 4.25. The molecular weight excluding hydrogens is 230 g/mol. The van der Waals surface area contributed by atoms with E-state index in [1.54, 1.807) is 7.11 Å². The van der Waals surface area contributed by atoms with Crippen molar-refractivity contribution in [2.45, 2.75) is 26.5 Å². The molecule has 0 saturated heterocycles. The minimum atomic E-state index is 0.225. The molecule has 0 aromatic heterocycles. The molecule has 0 aliphatic carbocycles. The summed E-state index contributed by atoms with van der Waals surface area (Å²) < 4.78 is 16.5. The Hall–Kier alpha value is -1.26. The number of methoxy groups -OCH3 is 1. The van der Waals surface area contributed by atoms with Crippen LogP contribution in [0.15, 0.2) is 18.2 Å². The lowest BCUT2D eigenvalue weighted by Crippen LogP contribution is -2.13. The summed E-state index contributed by atoms with van der Waals surface area (Å²) in [5.41, 5.74) is 1.08. The predicted molar refractivity (Wildman–Crippen MR) is 72.3 cm³/mol. The highest BCUT2D eigenvalue weighted by molar-refractivity contribution is 5.46. The van der Waals surface area contributed by atoms with Crippen LogP contribution in [0.2, 0.25) is 0 Å². The van der Waals surface area contributed by atoms with E-state index in [9.17, 15) is 0 Å². The van der Waals surface area contributed by atoms with Crippen LogP contribution in [0.25, 0.3) is 0 Å². The Morgan fingerprint density at radius 1 is 1.22 bits per heavy atom. The van der Waals surface area contributed by atoms with Crippen LogP contribution in [0.5, 0.6) is 11.5 Å². The lowest BCUT2D eigenvalue weighted by atomic mass is 10.2. The van der Waals surface area contributed by atoms with Gasteiger partial charge >= 0.3 is 0 Å². The molecule has 0 spiro atoms. The predicted octanol–water partition coefficient (Wildman–Crippen LogP) is 2.22. The lowest BCUT2D eigenvalue weighted by molar-refractivity contribution is 0.0544. The number of para-hydroxylation sites is 1. The van der Waals surface area contributed by atoms with E-state index in [2.05, 4.69) is 5.32 Å². The van der Waals surface area contributed by atoms with Gasteiger partial charge in [0.2, 0.25) is 0 Å². The Morgan fingerprint density at radius 2 is 2.00 bits per heavy atom. The zero-order chi connectivity index (χ0) is 13.4. The molecule has 18 heavy (non-hydrogen) atoms. The third-order valence-electron chi connectivity index (χ3n) is 2.43. The molecular formula is C14H23NO3. The van der Waals surface area contributed by atoms with Crippen molar-refractivity contribution < 1.29 is 14.2 Å². The summed E-state index contributed by atoms with van der Waals surface area (Å²) in [6, 6.07) is 5.89. The number of hydrogen-bond acceptors (Lipinski definition) is 4. The van der Waals surface area contributed by atoms with Crippen LogP contribution in [0, 0.1) is 0 Å². The van der Waals surface area contributed by atoms with Gasteiger partial charge in [-0.2, -0.15) is 0 Å². The van der Waals surface area contributed by atoms with Gasteiger partial charge in [0.15, 0.2) is 11.5 Å². The Kier molecular flexibility index (Phi) is 6.54. The summed E-state index contributed by atoms with van der Waals surface area (Å²) in [6.45, 7) is 5.87. The minimum Gasteiger partial charge on any atom is -0.493 e. The summed E-state index contributed by atoms with van der Waals surface area (Å²) in [5, 5.41) is 3.12. The van der Waals surface area contributed by atoms with Gasteiger partial charge in [-0.1, -0.05) is 12.1 Å². The number of ether oxygens (including phenoxy) is 3. The Morgan fingerprint density at radius 3 is 2.61 bits per heavy atom. The smallest absolute Gasteiger partial charge is 0.165 e. The van der Waals surface area contributed by atoms with Crippen LogP contribution in [0.1, 0.15) is 19.4 Å². The van der Waals surface area contributed by atoms with E-state index in [-0.39, 0.29) is 6.10 Å². The summed E-state index contributed by atoms with van der Waals surface area (Å²) in [4.78, 5) is 0. The Balaban J connectivity index is 2.65. The molecule has 1 N–H and O–H groups in total. The molecule has 0 radical (unpaired) electrons. The first kappa shape index (κ1) is 14.8. The molecule has 0 bridgehead atoms. The molecule has 102 valence electrons. The zero-order valence-corrected chi connectivity index (χ0v) is 11.7. The molecule has 0 atom stereocenters. The lowest BCUT2D eigenvalue weighted by Gasteiger charge is -2.15. The van der Waals surface area contributed by atoms with Crippen LogP contribution in [0.4, 0.5) is 0 Å². The van der Waals surface area contributed by atoms with Gasteiger partial charge in [-0.3, -0.25) is 0 Å². The molecule has 4 nitrogen and oxygen atoms in total. The van der Waals surface area contributed by atoms with Crippen molar-refractivity contribution in [2.75, 3.05) is 27.4 Å². The fourth-order valence-electron chi connectivity index (χ4n) is 1.64. The second-order valence-corrected chi connectivity index (χ2v) is 4.25. The van der Waals surface area contributed by atoms with E-state index in [4.69, 9.17) is 14.2 Å². The molecule has 0 fully saturated rings. The van der Waals surface area contributed by atoms with Crippen LogP contribution in [-0.2, 0) is 11.3 Å². The monoisotopic (exact) mass is 253 g/mol. The normalized spacial score (nSPS) is 10.7. The minimum absolute atomic E-state index is 0.225. The van der Waals surface area contributed by atoms with Crippen molar-refractivity contribution in [1.29, 1.82) is 0 Å². The number of hydrogen-bond donors (Lipinski definition) is 1. The van der Waals surface area contributed by atoms with Crippen molar-refractivity contribution in [3.63, 3.8) is 0 Å². The molecule has 1 rings (SSSR count). The van der Waals surface area contributed by atoms with E-state index >= 15 is 0 Å². The highest BCUT2D eigenvalue weighted by Gasteiger charge is 2.09. The van der Waals surface area contributed by atoms with Crippen molar-refractivity contribution >= 4 is 0 Å². The van der Waals surface area contributed by atoms with Gasteiger partial charge in [-0.05, 0) is 27.0 Å². The van der Waals surface area contributed by atoms with E-state index < -0.39 is 0 Å². The van der Waals surface area contributed by atoms with Crippen molar-refractivity contribution in [2.24, 2.45) is 0 Å². The van der Waals surface area contributed by atoms with Crippen molar-refractivity contribution in [3.8, 4) is 11.5 Å². The molecule has 0 amide bonds. The van der Waals surface area contributed by atoms with E-state index in [0.29, 0.717) is 13.2 Å². The molecule has 0 aliphatic rings. The highest BCUT2D eigenvalue weighted by atomic mass is 16.5. The highest BCUT2D eigenvalue weighted by Crippen LogP contribution is 2.30. The van der Waals surface area contributed by atoms with Crippen LogP contribution in [-0.4, -0.2) is 33.5 Å². The van der Waals surface area contributed by atoms with Gasteiger partial charge in [-0.15, -0.1) is 0 Å². The topological polar surface area (TPSA) is 39.7 Å². The third-order valence-corrected chi connectivity index (χ3v) is 2.43. The van der Waals surface area contributed by atoms with Crippen molar-refractivity contribution in [3.05, 3.63) is 23.8 Å². The molecule has 0 unspecified atom stereocenters. The fourth-order valence-corrected chi connectivity index (χ4v) is 1.64. The average molecular weight is 253 g/mol. The van der Waals surface area contributed by atoms with Crippen molar-refractivity contribution in [1.82, 2.24) is 5.32 Å². The van der Waals surface area contributed by atoms with E-state index in [0.717, 1.165) is 23.6 Å². The third kappa shape index (κ3) is 4.55. The summed E-state index contributed by atoms with van der Waals surface area (Å²) >= 11 is 0. The van der Waals surface area contributed by atoms with E-state index in [1.807, 2.05) is 39.1 Å². The Labute approximate surface area is 109 Å². The first-order chi connectivity index (χ1) is 8.69. The summed E-state index contributed by atoms with van der Waals surface area (Å²) in [7, 11) is 3.56. The standard InChI is InChI=1S/C14H23NO3/c1-11(2)17-8-9-18-14-12(10-15-3)6-5-7-13(14)16-4/h5-7,11,15H,8-10H2,1-4H3. The van der Waals surface area contributed by atoms with Crippen LogP contribution >= 0.6 is 0 Å². The summed E-state index contributed by atoms with van der Waals surface area (Å²) in [5.74, 6) is 1.55. The average Bonchev–Trinajstić information content (AvgIpc) is 2.35. The largest absolute Gasteiger partial charge is 0.493 e. The van der Waals surface area contributed by atoms with Gasteiger partial charge in [0, 0.05) is 12.1 Å². The number of nitrogens with one attached hydrogen (secondary N) is 1. The summed E-state index contributed by atoms with van der Waals surface area (Å²) in [6.07, 6.45) is 0.225. The quantitative estimate of drug-likeness (QED) is 0.721.